The minimum absolute atomic E-state index is 0.104. The number of carboxylic acids is 1. The van der Waals surface area contributed by atoms with E-state index < -0.39 is 29.2 Å². The standard InChI is InChI=1S/C31H23F4N3O4/c1-18-14-22(41-2)11-12-23(18)20-8-6-19(7-9-20)17-42-27-13-10-21(32)15-24(27)26-4-3-5-28(37-26)38-29(31(33,34)35)25(16-36-38)30(39)40/h3-16H,17H2,1-2H3,(H,39,40). The third kappa shape index (κ3) is 5.80. The Hall–Kier alpha value is -5.19. The first-order chi connectivity index (χ1) is 20.0. The number of nitrogens with zero attached hydrogens (tertiary/aromatic N) is 3. The van der Waals surface area contributed by atoms with Crippen LogP contribution in [0.25, 0.3) is 28.2 Å². The van der Waals surface area contributed by atoms with E-state index in [4.69, 9.17) is 9.47 Å². The summed E-state index contributed by atoms with van der Waals surface area (Å²) < 4.78 is 67.2. The molecule has 1 N–H and O–H groups in total. The fraction of sp³-hybridized carbons (Fsp3) is 0.129. The van der Waals surface area contributed by atoms with Crippen LogP contribution in [0.1, 0.15) is 27.2 Å². The molecule has 2 aromatic heterocycles. The first-order valence-corrected chi connectivity index (χ1v) is 12.6. The van der Waals surface area contributed by atoms with E-state index in [1.165, 1.54) is 30.3 Å². The number of benzene rings is 3. The highest BCUT2D eigenvalue weighted by Gasteiger charge is 2.41. The maximum Gasteiger partial charge on any atom is 0.434 e. The van der Waals surface area contributed by atoms with Crippen molar-refractivity contribution in [1.29, 1.82) is 0 Å². The molecule has 11 heteroatoms. The minimum atomic E-state index is -5.02. The molecule has 5 rings (SSSR count). The summed E-state index contributed by atoms with van der Waals surface area (Å²) in [4.78, 5) is 15.6. The summed E-state index contributed by atoms with van der Waals surface area (Å²) in [6, 6.07) is 21.4. The first-order valence-electron chi connectivity index (χ1n) is 12.6. The molecule has 0 unspecified atom stereocenters. The number of aryl methyl sites for hydroxylation is 1. The van der Waals surface area contributed by atoms with E-state index in [1.54, 1.807) is 7.11 Å². The number of rotatable bonds is 8. The topological polar surface area (TPSA) is 86.5 Å². The fourth-order valence-corrected chi connectivity index (χ4v) is 4.50. The molecule has 0 amide bonds. The predicted molar refractivity (Wildman–Crippen MR) is 146 cm³/mol. The average molecular weight is 578 g/mol. The quantitative estimate of drug-likeness (QED) is 0.194. The van der Waals surface area contributed by atoms with Gasteiger partial charge in [0.05, 0.1) is 19.0 Å². The highest BCUT2D eigenvalue weighted by Crippen LogP contribution is 2.35. The first kappa shape index (κ1) is 28.3. The van der Waals surface area contributed by atoms with E-state index in [2.05, 4.69) is 10.1 Å². The molecule has 214 valence electrons. The molecule has 2 heterocycles. The zero-order chi connectivity index (χ0) is 30.0. The molecule has 0 bridgehead atoms. The Labute approximate surface area is 237 Å². The van der Waals surface area contributed by atoms with Crippen LogP contribution in [-0.4, -0.2) is 33.0 Å². The number of hydrogen-bond acceptors (Lipinski definition) is 5. The van der Waals surface area contributed by atoms with Crippen LogP contribution in [-0.2, 0) is 12.8 Å². The molecule has 0 aliphatic rings. The molecule has 7 nitrogen and oxygen atoms in total. The number of aromatic nitrogens is 3. The molecule has 0 aliphatic heterocycles. The summed E-state index contributed by atoms with van der Waals surface area (Å²) in [5.74, 6) is -1.66. The minimum Gasteiger partial charge on any atom is -0.497 e. The maximum absolute atomic E-state index is 14.3. The largest absolute Gasteiger partial charge is 0.497 e. The molecule has 42 heavy (non-hydrogen) atoms. The van der Waals surface area contributed by atoms with Gasteiger partial charge in [0, 0.05) is 5.56 Å². The molecular formula is C31H23F4N3O4. The highest BCUT2D eigenvalue weighted by molar-refractivity contribution is 5.89. The van der Waals surface area contributed by atoms with Gasteiger partial charge in [-0.1, -0.05) is 36.4 Å². The number of alkyl halides is 3. The molecule has 0 atom stereocenters. The number of hydrogen-bond donors (Lipinski definition) is 1. The lowest BCUT2D eigenvalue weighted by molar-refractivity contribution is -0.143. The molecule has 0 saturated heterocycles. The van der Waals surface area contributed by atoms with Crippen LogP contribution in [0.15, 0.2) is 85.1 Å². The Morgan fingerprint density at radius 1 is 0.976 bits per heavy atom. The summed E-state index contributed by atoms with van der Waals surface area (Å²) in [6.45, 7) is 2.12. The number of halogens is 4. The lowest BCUT2D eigenvalue weighted by atomic mass is 9.99. The zero-order valence-corrected chi connectivity index (χ0v) is 22.3. The summed E-state index contributed by atoms with van der Waals surface area (Å²) in [6.07, 6.45) is -4.41. The fourth-order valence-electron chi connectivity index (χ4n) is 4.50. The van der Waals surface area contributed by atoms with Gasteiger partial charge in [0.1, 0.15) is 29.5 Å². The summed E-state index contributed by atoms with van der Waals surface area (Å²) >= 11 is 0. The number of carbonyl (C=O) groups is 1. The second-order valence-electron chi connectivity index (χ2n) is 9.31. The van der Waals surface area contributed by atoms with E-state index in [-0.39, 0.29) is 29.4 Å². The van der Waals surface area contributed by atoms with Gasteiger partial charge in [0.25, 0.3) is 0 Å². The number of ether oxygens (including phenoxy) is 2. The Bertz CT molecular complexity index is 1770. The molecular weight excluding hydrogens is 554 g/mol. The smallest absolute Gasteiger partial charge is 0.434 e. The monoisotopic (exact) mass is 577 g/mol. The Morgan fingerprint density at radius 3 is 2.40 bits per heavy atom. The van der Waals surface area contributed by atoms with Crippen molar-refractivity contribution in [2.45, 2.75) is 19.7 Å². The van der Waals surface area contributed by atoms with Crippen LogP contribution < -0.4 is 9.47 Å². The van der Waals surface area contributed by atoms with Gasteiger partial charge in [-0.2, -0.15) is 18.3 Å². The van der Waals surface area contributed by atoms with Gasteiger partial charge in [-0.15, -0.1) is 0 Å². The van der Waals surface area contributed by atoms with Crippen LogP contribution in [0, 0.1) is 12.7 Å². The number of methoxy groups -OCH3 is 1. The van der Waals surface area contributed by atoms with Crippen LogP contribution in [0.4, 0.5) is 17.6 Å². The normalized spacial score (nSPS) is 11.4. The van der Waals surface area contributed by atoms with Gasteiger partial charge in [-0.3, -0.25) is 0 Å². The van der Waals surface area contributed by atoms with Crippen molar-refractivity contribution in [2.24, 2.45) is 0 Å². The lowest BCUT2D eigenvalue weighted by Gasteiger charge is -2.14. The summed E-state index contributed by atoms with van der Waals surface area (Å²) in [5.41, 5.74) is 1.74. The Balaban J connectivity index is 1.42. The molecule has 3 aromatic carbocycles. The van der Waals surface area contributed by atoms with Gasteiger partial charge in [-0.25, -0.2) is 18.9 Å². The van der Waals surface area contributed by atoms with E-state index in [0.29, 0.717) is 10.9 Å². The molecule has 0 saturated carbocycles. The van der Waals surface area contributed by atoms with Crippen molar-refractivity contribution in [3.8, 4) is 39.7 Å². The van der Waals surface area contributed by atoms with Crippen molar-refractivity contribution < 1.29 is 36.9 Å². The molecule has 0 spiro atoms. The number of aromatic carboxylic acids is 1. The lowest BCUT2D eigenvalue weighted by Crippen LogP contribution is -2.18. The van der Waals surface area contributed by atoms with Crippen molar-refractivity contribution in [3.63, 3.8) is 0 Å². The SMILES string of the molecule is COc1ccc(-c2ccc(COc3ccc(F)cc3-c3cccc(-n4ncc(C(=O)O)c4C(F)(F)F)n3)cc2)c(C)c1. The Kier molecular flexibility index (Phi) is 7.66. The van der Waals surface area contributed by atoms with Crippen molar-refractivity contribution in [3.05, 3.63) is 113 Å². The van der Waals surface area contributed by atoms with E-state index in [0.717, 1.165) is 34.1 Å². The van der Waals surface area contributed by atoms with Gasteiger partial charge < -0.3 is 14.6 Å². The maximum atomic E-state index is 14.3. The van der Waals surface area contributed by atoms with Crippen molar-refractivity contribution >= 4 is 5.97 Å². The second kappa shape index (κ2) is 11.4. The average Bonchev–Trinajstić information content (AvgIpc) is 3.44. The van der Waals surface area contributed by atoms with Crippen LogP contribution in [0.5, 0.6) is 11.5 Å². The third-order valence-corrected chi connectivity index (χ3v) is 6.53. The van der Waals surface area contributed by atoms with E-state index in [1.807, 2.05) is 49.4 Å². The summed E-state index contributed by atoms with van der Waals surface area (Å²) in [7, 11) is 1.61. The molecule has 0 radical (unpaired) electrons. The zero-order valence-electron chi connectivity index (χ0n) is 22.3. The highest BCUT2D eigenvalue weighted by atomic mass is 19.4. The number of carboxylic acid groups (broad SMARTS) is 1. The molecule has 0 fully saturated rings. The predicted octanol–water partition coefficient (Wildman–Crippen LogP) is 7.35. The molecule has 0 aliphatic carbocycles. The molecule has 5 aromatic rings. The van der Waals surface area contributed by atoms with Crippen molar-refractivity contribution in [2.75, 3.05) is 7.11 Å². The van der Waals surface area contributed by atoms with Crippen LogP contribution in [0.3, 0.4) is 0 Å². The van der Waals surface area contributed by atoms with Gasteiger partial charge in [0.2, 0.25) is 0 Å². The summed E-state index contributed by atoms with van der Waals surface area (Å²) in [5, 5.41) is 12.8. The second-order valence-corrected chi connectivity index (χ2v) is 9.31. The van der Waals surface area contributed by atoms with Crippen LogP contribution >= 0.6 is 0 Å². The Morgan fingerprint density at radius 2 is 1.74 bits per heavy atom. The van der Waals surface area contributed by atoms with Crippen LogP contribution in [0.2, 0.25) is 0 Å². The van der Waals surface area contributed by atoms with E-state index >= 15 is 0 Å². The van der Waals surface area contributed by atoms with Crippen molar-refractivity contribution in [1.82, 2.24) is 14.8 Å². The van der Waals surface area contributed by atoms with E-state index in [9.17, 15) is 27.5 Å². The third-order valence-electron chi connectivity index (χ3n) is 6.53. The van der Waals surface area contributed by atoms with Gasteiger partial charge in [-0.05, 0) is 71.6 Å². The van der Waals surface area contributed by atoms with Gasteiger partial charge >= 0.3 is 12.1 Å². The van der Waals surface area contributed by atoms with Gasteiger partial charge in [0.15, 0.2) is 11.5 Å². The number of pyridine rings is 1.